The standard InChI is InChI=1S/C5H9NO5S/c1-3-11-5(8)4(7)6-12(2,9)10/h3H2,1-2H3,(H,6,7). The summed E-state index contributed by atoms with van der Waals surface area (Å²) in [7, 11) is -3.69. The van der Waals surface area contributed by atoms with Gasteiger partial charge in [0, 0.05) is 0 Å². The van der Waals surface area contributed by atoms with Crippen molar-refractivity contribution in [2.24, 2.45) is 0 Å². The first kappa shape index (κ1) is 10.9. The molecule has 1 amide bonds. The van der Waals surface area contributed by atoms with E-state index in [-0.39, 0.29) is 6.61 Å². The second-order valence-corrected chi connectivity index (χ2v) is 3.67. The van der Waals surface area contributed by atoms with Gasteiger partial charge in [0.1, 0.15) is 0 Å². The van der Waals surface area contributed by atoms with Gasteiger partial charge < -0.3 is 4.74 Å². The largest absolute Gasteiger partial charge is 0.459 e. The minimum Gasteiger partial charge on any atom is -0.459 e. The highest BCUT2D eigenvalue weighted by molar-refractivity contribution is 7.89. The fourth-order valence-corrected chi connectivity index (χ4v) is 0.827. The average Bonchev–Trinajstić information content (AvgIpc) is 1.84. The van der Waals surface area contributed by atoms with E-state index >= 15 is 0 Å². The van der Waals surface area contributed by atoms with Gasteiger partial charge in [-0.2, -0.15) is 0 Å². The molecule has 0 aromatic rings. The van der Waals surface area contributed by atoms with Gasteiger partial charge in [-0.25, -0.2) is 17.9 Å². The van der Waals surface area contributed by atoms with Crippen molar-refractivity contribution >= 4 is 21.9 Å². The van der Waals surface area contributed by atoms with Crippen molar-refractivity contribution in [1.82, 2.24) is 4.72 Å². The van der Waals surface area contributed by atoms with Crippen molar-refractivity contribution in [3.63, 3.8) is 0 Å². The molecule has 0 bridgehead atoms. The van der Waals surface area contributed by atoms with Crippen LogP contribution >= 0.6 is 0 Å². The van der Waals surface area contributed by atoms with E-state index < -0.39 is 21.9 Å². The first-order chi connectivity index (χ1) is 5.37. The zero-order valence-corrected chi connectivity index (χ0v) is 7.47. The van der Waals surface area contributed by atoms with E-state index in [0.717, 1.165) is 6.26 Å². The fourth-order valence-electron chi connectivity index (χ4n) is 0.407. The molecule has 0 aromatic heterocycles. The number of rotatable bonds is 2. The second-order valence-electron chi connectivity index (χ2n) is 1.92. The number of esters is 1. The Kier molecular flexibility index (Phi) is 3.68. The van der Waals surface area contributed by atoms with Gasteiger partial charge in [-0.3, -0.25) is 4.79 Å². The smallest absolute Gasteiger partial charge is 0.397 e. The van der Waals surface area contributed by atoms with Crippen molar-refractivity contribution in [3.05, 3.63) is 0 Å². The van der Waals surface area contributed by atoms with E-state index in [9.17, 15) is 18.0 Å². The van der Waals surface area contributed by atoms with E-state index in [2.05, 4.69) is 4.74 Å². The predicted molar refractivity (Wildman–Crippen MR) is 39.6 cm³/mol. The monoisotopic (exact) mass is 195 g/mol. The van der Waals surface area contributed by atoms with Crippen LogP contribution in [-0.2, 0) is 24.3 Å². The number of carbonyl (C=O) groups is 2. The predicted octanol–water partition coefficient (Wildman–Crippen LogP) is -1.37. The Bertz CT molecular complexity index is 280. The molecule has 0 aliphatic carbocycles. The normalized spacial score (nSPS) is 10.5. The minimum absolute atomic E-state index is 0.0238. The van der Waals surface area contributed by atoms with Crippen LogP contribution in [0.3, 0.4) is 0 Å². The molecule has 7 heteroatoms. The Morgan fingerprint density at radius 3 is 2.25 bits per heavy atom. The molecule has 0 heterocycles. The topological polar surface area (TPSA) is 89.5 Å². The molecule has 0 aliphatic rings. The van der Waals surface area contributed by atoms with Crippen LogP contribution in [0.4, 0.5) is 0 Å². The van der Waals surface area contributed by atoms with Gasteiger partial charge >= 0.3 is 11.9 Å². The van der Waals surface area contributed by atoms with Crippen molar-refractivity contribution < 1.29 is 22.7 Å². The van der Waals surface area contributed by atoms with E-state index in [0.29, 0.717) is 0 Å². The van der Waals surface area contributed by atoms with Crippen LogP contribution in [0.5, 0.6) is 0 Å². The SMILES string of the molecule is CCOC(=O)C(=O)NS(C)(=O)=O. The molecule has 0 aromatic carbocycles. The molecule has 0 saturated carbocycles. The maximum Gasteiger partial charge on any atom is 0.397 e. The maximum atomic E-state index is 10.6. The van der Waals surface area contributed by atoms with Crippen molar-refractivity contribution in [2.75, 3.05) is 12.9 Å². The van der Waals surface area contributed by atoms with Crippen LogP contribution in [0.25, 0.3) is 0 Å². The zero-order valence-electron chi connectivity index (χ0n) is 6.66. The lowest BCUT2D eigenvalue weighted by Gasteiger charge is -2.00. The minimum atomic E-state index is -3.69. The fraction of sp³-hybridized carbons (Fsp3) is 0.600. The van der Waals surface area contributed by atoms with E-state index in [1.54, 1.807) is 0 Å². The van der Waals surface area contributed by atoms with Crippen molar-refractivity contribution in [3.8, 4) is 0 Å². The first-order valence-electron chi connectivity index (χ1n) is 3.05. The summed E-state index contributed by atoms with van der Waals surface area (Å²) in [5.41, 5.74) is 0. The molecule has 0 rings (SSSR count). The molecular weight excluding hydrogens is 186 g/mol. The van der Waals surface area contributed by atoms with Crippen LogP contribution in [0, 0.1) is 0 Å². The van der Waals surface area contributed by atoms with Gasteiger partial charge in [-0.15, -0.1) is 0 Å². The van der Waals surface area contributed by atoms with E-state index in [1.807, 2.05) is 0 Å². The Labute approximate surface area is 69.9 Å². The third-order valence-electron chi connectivity index (χ3n) is 0.739. The molecule has 0 radical (unpaired) electrons. The van der Waals surface area contributed by atoms with Gasteiger partial charge in [-0.05, 0) is 6.92 Å². The number of sulfonamides is 1. The Hall–Kier alpha value is -1.11. The molecule has 0 aliphatic heterocycles. The summed E-state index contributed by atoms with van der Waals surface area (Å²) in [6.45, 7) is 1.53. The molecule has 70 valence electrons. The maximum absolute atomic E-state index is 10.6. The van der Waals surface area contributed by atoms with Crippen molar-refractivity contribution in [2.45, 2.75) is 6.92 Å². The number of hydrogen-bond acceptors (Lipinski definition) is 5. The van der Waals surface area contributed by atoms with Gasteiger partial charge in [0.15, 0.2) is 0 Å². The van der Waals surface area contributed by atoms with Crippen LogP contribution in [0.1, 0.15) is 6.92 Å². The van der Waals surface area contributed by atoms with E-state index in [4.69, 9.17) is 0 Å². The molecule has 1 N–H and O–H groups in total. The van der Waals surface area contributed by atoms with Gasteiger partial charge in [0.25, 0.3) is 0 Å². The Balaban J connectivity index is 4.15. The van der Waals surface area contributed by atoms with Crippen molar-refractivity contribution in [1.29, 1.82) is 0 Å². The highest BCUT2D eigenvalue weighted by atomic mass is 32.2. The van der Waals surface area contributed by atoms with Crippen LogP contribution in [0.2, 0.25) is 0 Å². The summed E-state index contributed by atoms with van der Waals surface area (Å²) in [6.07, 6.45) is 0.768. The van der Waals surface area contributed by atoms with E-state index in [1.165, 1.54) is 11.6 Å². The molecule has 6 nitrogen and oxygen atoms in total. The number of amides is 1. The summed E-state index contributed by atoms with van der Waals surface area (Å²) >= 11 is 0. The molecule has 0 saturated heterocycles. The summed E-state index contributed by atoms with van der Waals surface area (Å²) in [6, 6.07) is 0. The van der Waals surface area contributed by atoms with Crippen LogP contribution in [-0.4, -0.2) is 33.2 Å². The Morgan fingerprint density at radius 2 is 1.92 bits per heavy atom. The third-order valence-corrected chi connectivity index (χ3v) is 1.30. The average molecular weight is 195 g/mol. The summed E-state index contributed by atoms with van der Waals surface area (Å²) in [4.78, 5) is 21.1. The Morgan fingerprint density at radius 1 is 1.42 bits per heavy atom. The van der Waals surface area contributed by atoms with Crippen LogP contribution in [0.15, 0.2) is 0 Å². The van der Waals surface area contributed by atoms with Gasteiger partial charge in [-0.1, -0.05) is 0 Å². The first-order valence-corrected chi connectivity index (χ1v) is 4.95. The summed E-state index contributed by atoms with van der Waals surface area (Å²) in [5.74, 6) is -2.48. The highest BCUT2D eigenvalue weighted by Gasteiger charge is 2.18. The molecule has 0 fully saturated rings. The molecule has 12 heavy (non-hydrogen) atoms. The lowest BCUT2D eigenvalue weighted by atomic mass is 10.6. The number of hydrogen-bond donors (Lipinski definition) is 1. The van der Waals surface area contributed by atoms with Crippen LogP contribution < -0.4 is 4.72 Å². The highest BCUT2D eigenvalue weighted by Crippen LogP contribution is 1.80. The lowest BCUT2D eigenvalue weighted by Crippen LogP contribution is -2.36. The quantitative estimate of drug-likeness (QED) is 0.433. The molecule has 0 spiro atoms. The number of ether oxygens (including phenoxy) is 1. The zero-order chi connectivity index (χ0) is 9.78. The van der Waals surface area contributed by atoms with Gasteiger partial charge in [0.2, 0.25) is 10.0 Å². The molecule has 0 atom stereocenters. The summed E-state index contributed by atoms with van der Waals surface area (Å²) < 4.78 is 26.5. The number of carbonyl (C=O) groups excluding carboxylic acids is 2. The summed E-state index contributed by atoms with van der Waals surface area (Å²) in [5, 5.41) is 0. The number of nitrogens with one attached hydrogen (secondary N) is 1. The molecular formula is C5H9NO5S. The third kappa shape index (κ3) is 4.67. The van der Waals surface area contributed by atoms with Gasteiger partial charge in [0.05, 0.1) is 12.9 Å². The lowest BCUT2D eigenvalue weighted by molar-refractivity contribution is -0.153. The molecule has 0 unspecified atom stereocenters. The second kappa shape index (κ2) is 4.05.